The van der Waals surface area contributed by atoms with Crippen LogP contribution in [-0.4, -0.2) is 81.2 Å². The van der Waals surface area contributed by atoms with Crippen molar-refractivity contribution in [2.24, 2.45) is 4.99 Å². The second-order valence-corrected chi connectivity index (χ2v) is 7.95. The molecule has 0 radical (unpaired) electrons. The lowest BCUT2D eigenvalue weighted by Crippen LogP contribution is -2.63. The summed E-state index contributed by atoms with van der Waals surface area (Å²) in [6, 6.07) is 8.99. The molecule has 31 heavy (non-hydrogen) atoms. The van der Waals surface area contributed by atoms with Crippen LogP contribution >= 0.6 is 0 Å². The van der Waals surface area contributed by atoms with E-state index in [0.29, 0.717) is 18.3 Å². The Bertz CT molecular complexity index is 1120. The Labute approximate surface area is 181 Å². The maximum atomic E-state index is 13.5. The third-order valence-electron chi connectivity index (χ3n) is 5.54. The van der Waals surface area contributed by atoms with Gasteiger partial charge in [0.1, 0.15) is 5.69 Å². The molecule has 0 spiro atoms. The monoisotopic (exact) mass is 423 g/mol. The molecule has 2 aromatic rings. The molecule has 0 saturated carbocycles. The predicted octanol–water partition coefficient (Wildman–Crippen LogP) is 1.55. The number of imide groups is 1. The van der Waals surface area contributed by atoms with E-state index < -0.39 is 12.1 Å². The van der Waals surface area contributed by atoms with Crippen LogP contribution in [0.15, 0.2) is 35.3 Å². The van der Waals surface area contributed by atoms with Crippen molar-refractivity contribution in [1.29, 1.82) is 0 Å². The molecule has 9 nitrogen and oxygen atoms in total. The number of urea groups is 1. The summed E-state index contributed by atoms with van der Waals surface area (Å²) in [5.41, 5.74) is 3.94. The molecule has 1 saturated heterocycles. The smallest absolute Gasteiger partial charge is 0.383 e. The lowest BCUT2D eigenvalue weighted by Gasteiger charge is -2.34. The van der Waals surface area contributed by atoms with Gasteiger partial charge in [-0.25, -0.2) is 9.37 Å². The molecule has 3 amide bonds. The van der Waals surface area contributed by atoms with Gasteiger partial charge in [0.2, 0.25) is 11.9 Å². The number of hydrogen-bond acceptors (Lipinski definition) is 5. The number of rotatable bonds is 5. The van der Waals surface area contributed by atoms with Crippen LogP contribution in [-0.2, 0) is 16.1 Å². The van der Waals surface area contributed by atoms with Crippen LogP contribution in [0.2, 0.25) is 0 Å². The van der Waals surface area contributed by atoms with E-state index in [0.717, 1.165) is 22.5 Å². The summed E-state index contributed by atoms with van der Waals surface area (Å²) in [7, 11) is 3.19. The molecule has 3 heterocycles. The van der Waals surface area contributed by atoms with Crippen molar-refractivity contribution in [2.45, 2.75) is 33.4 Å². The molecular formula is C22H27N6O3+. The Balaban J connectivity index is 1.83. The van der Waals surface area contributed by atoms with Gasteiger partial charge < -0.3 is 4.74 Å². The van der Waals surface area contributed by atoms with Gasteiger partial charge in [-0.1, -0.05) is 34.8 Å². The number of ether oxygens (including phenoxy) is 1. The van der Waals surface area contributed by atoms with E-state index >= 15 is 0 Å². The summed E-state index contributed by atoms with van der Waals surface area (Å²) in [6.45, 7) is 6.82. The van der Waals surface area contributed by atoms with Crippen LogP contribution in [0.4, 0.5) is 4.79 Å². The zero-order chi connectivity index (χ0) is 22.3. The van der Waals surface area contributed by atoms with Gasteiger partial charge in [-0.2, -0.15) is 0 Å². The van der Waals surface area contributed by atoms with Gasteiger partial charge in [-0.05, 0) is 32.4 Å². The predicted molar refractivity (Wildman–Crippen MR) is 115 cm³/mol. The number of benzene rings is 1. The number of aliphatic imine (C=N–C) groups is 1. The molecule has 9 heteroatoms. The molecule has 2 aliphatic rings. The molecule has 0 bridgehead atoms. The molecule has 1 aromatic carbocycles. The highest BCUT2D eigenvalue weighted by Gasteiger charge is 2.53. The lowest BCUT2D eigenvalue weighted by atomic mass is 10.1. The van der Waals surface area contributed by atoms with Gasteiger partial charge in [-0.3, -0.25) is 14.6 Å². The van der Waals surface area contributed by atoms with Crippen molar-refractivity contribution in [3.63, 3.8) is 0 Å². The van der Waals surface area contributed by atoms with Crippen LogP contribution in [0.5, 0.6) is 0 Å². The Morgan fingerprint density at radius 1 is 1.16 bits per heavy atom. The molecule has 1 unspecified atom stereocenters. The van der Waals surface area contributed by atoms with E-state index in [9.17, 15) is 9.59 Å². The summed E-state index contributed by atoms with van der Waals surface area (Å²) in [5, 5.41) is 4.58. The van der Waals surface area contributed by atoms with Crippen LogP contribution in [0, 0.1) is 20.8 Å². The Morgan fingerprint density at radius 3 is 2.58 bits per heavy atom. The average molecular weight is 423 g/mol. The Morgan fingerprint density at radius 2 is 1.94 bits per heavy atom. The number of aryl methyl sites for hydroxylation is 3. The number of methoxy groups -OCH3 is 1. The highest BCUT2D eigenvalue weighted by molar-refractivity contribution is 6.23. The molecule has 1 fully saturated rings. The minimum Gasteiger partial charge on any atom is -0.383 e. The first-order chi connectivity index (χ1) is 14.8. The molecular weight excluding hydrogens is 396 g/mol. The van der Waals surface area contributed by atoms with Crippen molar-refractivity contribution in [2.75, 3.05) is 27.3 Å². The quantitative estimate of drug-likeness (QED) is 0.683. The van der Waals surface area contributed by atoms with Crippen molar-refractivity contribution < 1.29 is 18.9 Å². The van der Waals surface area contributed by atoms with E-state index in [2.05, 4.69) is 11.2 Å². The third kappa shape index (κ3) is 3.65. The molecule has 4 rings (SSSR count). The largest absolute Gasteiger partial charge is 0.421 e. The number of likely N-dealkylation sites (N-methyl/N-ethyl adjacent to an activating group) is 1. The maximum Gasteiger partial charge on any atom is 0.421 e. The van der Waals surface area contributed by atoms with Crippen molar-refractivity contribution in [3.05, 3.63) is 52.8 Å². The first kappa shape index (κ1) is 20.9. The van der Waals surface area contributed by atoms with Gasteiger partial charge in [0.05, 0.1) is 25.4 Å². The van der Waals surface area contributed by atoms with Crippen LogP contribution in [0.3, 0.4) is 0 Å². The van der Waals surface area contributed by atoms with E-state index in [1.54, 1.807) is 18.8 Å². The van der Waals surface area contributed by atoms with Gasteiger partial charge in [0.15, 0.2) is 0 Å². The fourth-order valence-corrected chi connectivity index (χ4v) is 4.06. The van der Waals surface area contributed by atoms with Gasteiger partial charge in [0, 0.05) is 14.2 Å². The standard InChI is InChI=1S/C22H27N6O3/c1-14-7-6-8-17(11-14)13-27-18-19(23-21(27)28-16(3)12-15(2)24-28)25(4)22(30)26(20(18)29)9-10-31-5/h6-8,11-12,18H,9-10,13H2,1-5H3/q+1. The molecule has 162 valence electrons. The maximum absolute atomic E-state index is 13.5. The fourth-order valence-electron chi connectivity index (χ4n) is 4.06. The first-order valence-corrected chi connectivity index (χ1v) is 10.2. The summed E-state index contributed by atoms with van der Waals surface area (Å²) in [6.07, 6.45) is 0. The zero-order valence-corrected chi connectivity index (χ0v) is 18.5. The third-order valence-corrected chi connectivity index (χ3v) is 5.54. The van der Waals surface area contributed by atoms with Crippen molar-refractivity contribution in [1.82, 2.24) is 19.6 Å². The number of carbonyl (C=O) groups excluding carboxylic acids is 2. The van der Waals surface area contributed by atoms with E-state index in [1.165, 1.54) is 9.80 Å². The summed E-state index contributed by atoms with van der Waals surface area (Å²) in [4.78, 5) is 33.7. The van der Waals surface area contributed by atoms with E-state index in [4.69, 9.17) is 9.73 Å². The second-order valence-electron chi connectivity index (χ2n) is 7.95. The summed E-state index contributed by atoms with van der Waals surface area (Å²) in [5.74, 6) is 0.649. The van der Waals surface area contributed by atoms with Gasteiger partial charge in [-0.15, -0.1) is 9.78 Å². The average Bonchev–Trinajstić information content (AvgIpc) is 3.25. The highest BCUT2D eigenvalue weighted by atomic mass is 16.5. The number of carbonyl (C=O) groups is 2. The number of nitrogens with zero attached hydrogens (tertiary/aromatic N) is 6. The Kier molecular flexibility index (Phi) is 5.45. The molecule has 1 atom stereocenters. The zero-order valence-electron chi connectivity index (χ0n) is 18.5. The number of amidine groups is 1. The topological polar surface area (TPSA) is 83.0 Å². The second kappa shape index (κ2) is 8.07. The molecule has 2 aliphatic heterocycles. The van der Waals surface area contributed by atoms with Crippen LogP contribution < -0.4 is 0 Å². The fraction of sp³-hybridized carbons (Fsp3) is 0.409. The van der Waals surface area contributed by atoms with Gasteiger partial charge in [0.25, 0.3) is 5.91 Å². The minimum absolute atomic E-state index is 0.190. The summed E-state index contributed by atoms with van der Waals surface area (Å²) >= 11 is 0. The first-order valence-electron chi connectivity index (χ1n) is 10.2. The minimum atomic E-state index is -0.709. The van der Waals surface area contributed by atoms with Crippen LogP contribution in [0.25, 0.3) is 0 Å². The number of amides is 3. The number of hydrogen-bond donors (Lipinski definition) is 0. The van der Waals surface area contributed by atoms with Gasteiger partial charge >= 0.3 is 12.0 Å². The highest BCUT2D eigenvalue weighted by Crippen LogP contribution is 2.23. The molecule has 0 N–H and O–H groups in total. The van der Waals surface area contributed by atoms with E-state index in [-0.39, 0.29) is 19.1 Å². The lowest BCUT2D eigenvalue weighted by molar-refractivity contribution is -0.553. The SMILES string of the molecule is COCCN1C(=O)C2C(=NC(n3nc(C)cc3C)=[N+]2Cc2cccc(C)c2)N(C)C1=O. The van der Waals surface area contributed by atoms with Crippen LogP contribution in [0.1, 0.15) is 22.5 Å². The number of aromatic nitrogens is 2. The normalized spacial score (nSPS) is 18.7. The summed E-state index contributed by atoms with van der Waals surface area (Å²) < 4.78 is 8.77. The Hall–Kier alpha value is -3.33. The molecule has 1 aromatic heterocycles. The van der Waals surface area contributed by atoms with Crippen molar-refractivity contribution in [3.8, 4) is 0 Å². The van der Waals surface area contributed by atoms with Crippen molar-refractivity contribution >= 4 is 23.7 Å². The van der Waals surface area contributed by atoms with E-state index in [1.807, 2.05) is 49.6 Å². The molecule has 0 aliphatic carbocycles. The number of fused-ring (bicyclic) bond motifs is 1.